The Labute approximate surface area is 167 Å². The molecule has 142 valence electrons. The first kappa shape index (κ1) is 18.5. The number of likely N-dealkylation sites (N-methyl/N-ethyl adjacent to an activating group) is 1. The van der Waals surface area contributed by atoms with Crippen LogP contribution in [0.1, 0.15) is 40.0 Å². The van der Waals surface area contributed by atoms with E-state index < -0.39 is 0 Å². The van der Waals surface area contributed by atoms with Crippen LogP contribution in [0.25, 0.3) is 11.4 Å². The molecule has 1 aromatic carbocycles. The molecule has 5 nitrogen and oxygen atoms in total. The minimum Gasteiger partial charge on any atom is -0.341 e. The monoisotopic (exact) mass is 396 g/mol. The molecule has 7 heteroatoms. The van der Waals surface area contributed by atoms with E-state index in [-0.39, 0.29) is 17.6 Å². The largest absolute Gasteiger partial charge is 0.341 e. The van der Waals surface area contributed by atoms with E-state index >= 15 is 0 Å². The molecule has 28 heavy (non-hydrogen) atoms. The lowest BCUT2D eigenvalue weighted by Gasteiger charge is -2.25. The number of pyridine rings is 1. The van der Waals surface area contributed by atoms with Crippen molar-refractivity contribution < 1.29 is 9.18 Å². The van der Waals surface area contributed by atoms with Gasteiger partial charge in [-0.1, -0.05) is 18.5 Å². The van der Waals surface area contributed by atoms with Crippen LogP contribution in [0.15, 0.2) is 42.9 Å². The predicted octanol–water partition coefficient (Wildman–Crippen LogP) is 4.11. The highest BCUT2D eigenvalue weighted by atomic mass is 35.5. The number of carbonyl (C=O) groups excluding carboxylic acids is 1. The zero-order valence-corrected chi connectivity index (χ0v) is 16.2. The summed E-state index contributed by atoms with van der Waals surface area (Å²) in [5.41, 5.74) is 4.35. The first-order chi connectivity index (χ1) is 13.4. The van der Waals surface area contributed by atoms with Crippen LogP contribution in [-0.4, -0.2) is 39.4 Å². The number of amides is 1. The normalized spacial score (nSPS) is 14.7. The summed E-state index contributed by atoms with van der Waals surface area (Å²) in [4.78, 5) is 27.4. The summed E-state index contributed by atoms with van der Waals surface area (Å²) >= 11 is 6.00. The van der Waals surface area contributed by atoms with Gasteiger partial charge in [0.2, 0.25) is 0 Å². The Hall–Kier alpha value is -2.86. The number of fused-ring (bicyclic) bond motifs is 1. The van der Waals surface area contributed by atoms with Crippen molar-refractivity contribution in [2.75, 3.05) is 13.6 Å². The molecule has 0 spiro atoms. The molecule has 0 saturated carbocycles. The second-order valence-corrected chi connectivity index (χ2v) is 7.35. The van der Waals surface area contributed by atoms with Crippen molar-refractivity contribution in [3.05, 3.63) is 76.1 Å². The highest BCUT2D eigenvalue weighted by Crippen LogP contribution is 2.30. The fourth-order valence-electron chi connectivity index (χ4n) is 3.49. The Morgan fingerprint density at radius 2 is 2.00 bits per heavy atom. The SMILES string of the molecule is C[C@@H](c1cc(F)cc(Cl)c1)c1cc(-c2nccc3c2CCN(C)C3=O)ncn1. The molecule has 0 radical (unpaired) electrons. The summed E-state index contributed by atoms with van der Waals surface area (Å²) in [6.45, 7) is 2.57. The van der Waals surface area contributed by atoms with Gasteiger partial charge in [0.15, 0.2) is 0 Å². The van der Waals surface area contributed by atoms with Gasteiger partial charge < -0.3 is 4.90 Å². The van der Waals surface area contributed by atoms with Crippen LogP contribution < -0.4 is 0 Å². The van der Waals surface area contributed by atoms with Gasteiger partial charge in [-0.15, -0.1) is 0 Å². The minimum absolute atomic E-state index is 0.0121. The van der Waals surface area contributed by atoms with Gasteiger partial charge in [-0.25, -0.2) is 14.4 Å². The molecular formula is C21H18ClFN4O. The second-order valence-electron chi connectivity index (χ2n) is 6.91. The number of benzene rings is 1. The van der Waals surface area contributed by atoms with Crippen LogP contribution in [0.4, 0.5) is 4.39 Å². The third-order valence-electron chi connectivity index (χ3n) is 5.09. The van der Waals surface area contributed by atoms with E-state index in [0.717, 1.165) is 23.2 Å². The lowest BCUT2D eigenvalue weighted by Crippen LogP contribution is -2.34. The van der Waals surface area contributed by atoms with E-state index in [0.29, 0.717) is 28.5 Å². The number of hydrogen-bond acceptors (Lipinski definition) is 4. The quantitative estimate of drug-likeness (QED) is 0.668. The maximum atomic E-state index is 13.7. The second kappa shape index (κ2) is 7.28. The highest BCUT2D eigenvalue weighted by molar-refractivity contribution is 6.30. The maximum Gasteiger partial charge on any atom is 0.254 e. The topological polar surface area (TPSA) is 59.0 Å². The molecule has 1 atom stereocenters. The molecule has 1 amide bonds. The smallest absolute Gasteiger partial charge is 0.254 e. The average Bonchev–Trinajstić information content (AvgIpc) is 2.69. The van der Waals surface area contributed by atoms with Gasteiger partial charge in [-0.3, -0.25) is 9.78 Å². The molecule has 0 saturated heterocycles. The Morgan fingerprint density at radius 3 is 2.79 bits per heavy atom. The van der Waals surface area contributed by atoms with Gasteiger partial charge in [-0.2, -0.15) is 0 Å². The Morgan fingerprint density at radius 1 is 1.18 bits per heavy atom. The summed E-state index contributed by atoms with van der Waals surface area (Å²) in [6, 6.07) is 8.05. The van der Waals surface area contributed by atoms with Crippen LogP contribution in [0.2, 0.25) is 5.02 Å². The number of carbonyl (C=O) groups is 1. The van der Waals surface area contributed by atoms with Crippen molar-refractivity contribution in [3.8, 4) is 11.4 Å². The fourth-order valence-corrected chi connectivity index (χ4v) is 3.72. The Kier molecular flexibility index (Phi) is 4.81. The highest BCUT2D eigenvalue weighted by Gasteiger charge is 2.25. The predicted molar refractivity (Wildman–Crippen MR) is 105 cm³/mol. The molecule has 0 N–H and O–H groups in total. The van der Waals surface area contributed by atoms with Gasteiger partial charge in [-0.05, 0) is 47.9 Å². The summed E-state index contributed by atoms with van der Waals surface area (Å²) in [7, 11) is 1.79. The first-order valence-electron chi connectivity index (χ1n) is 8.95. The van der Waals surface area contributed by atoms with Crippen LogP contribution in [0.3, 0.4) is 0 Å². The molecule has 4 rings (SSSR count). The number of nitrogens with zero attached hydrogens (tertiary/aromatic N) is 4. The zero-order chi connectivity index (χ0) is 19.8. The lowest BCUT2D eigenvalue weighted by atomic mass is 9.94. The number of rotatable bonds is 3. The fraction of sp³-hybridized carbons (Fsp3) is 0.238. The van der Waals surface area contributed by atoms with Gasteiger partial charge in [0.05, 0.1) is 17.1 Å². The first-order valence-corrected chi connectivity index (χ1v) is 9.33. The van der Waals surface area contributed by atoms with Crippen LogP contribution in [0, 0.1) is 5.82 Å². The Balaban J connectivity index is 1.75. The Bertz CT molecular complexity index is 1050. The molecule has 3 heterocycles. The molecule has 2 aromatic heterocycles. The van der Waals surface area contributed by atoms with Gasteiger partial charge in [0.25, 0.3) is 5.91 Å². The summed E-state index contributed by atoms with van der Waals surface area (Å²) in [5, 5.41) is 0.345. The maximum absolute atomic E-state index is 13.7. The van der Waals surface area contributed by atoms with E-state index in [4.69, 9.17) is 11.6 Å². The zero-order valence-electron chi connectivity index (χ0n) is 15.5. The van der Waals surface area contributed by atoms with Crippen molar-refractivity contribution >= 4 is 17.5 Å². The summed E-state index contributed by atoms with van der Waals surface area (Å²) < 4.78 is 13.7. The van der Waals surface area contributed by atoms with Gasteiger partial charge in [0.1, 0.15) is 12.1 Å². The number of aromatic nitrogens is 3. The number of hydrogen-bond donors (Lipinski definition) is 0. The van der Waals surface area contributed by atoms with E-state index in [2.05, 4.69) is 15.0 Å². The third kappa shape index (κ3) is 3.36. The molecule has 0 aliphatic carbocycles. The average molecular weight is 397 g/mol. The molecule has 0 fully saturated rings. The van der Waals surface area contributed by atoms with Crippen molar-refractivity contribution in [2.45, 2.75) is 19.3 Å². The summed E-state index contributed by atoms with van der Waals surface area (Å²) in [6.07, 6.45) is 3.82. The molecule has 0 bridgehead atoms. The standard InChI is InChI=1S/C21H18ClFN4O/c1-12(13-7-14(22)9-15(23)8-13)18-10-19(26-11-25-18)20-16-4-6-27(2)21(28)17(16)3-5-24-20/h3,5,7-12H,4,6H2,1-2H3/t12-/m0/s1. The molecule has 3 aromatic rings. The van der Waals surface area contributed by atoms with E-state index in [1.165, 1.54) is 18.5 Å². The molecule has 1 aliphatic rings. The molecule has 1 aliphatic heterocycles. The summed E-state index contributed by atoms with van der Waals surface area (Å²) in [5.74, 6) is -0.575. The third-order valence-corrected chi connectivity index (χ3v) is 5.31. The van der Waals surface area contributed by atoms with Crippen LogP contribution >= 0.6 is 11.6 Å². The van der Waals surface area contributed by atoms with Crippen molar-refractivity contribution in [2.24, 2.45) is 0 Å². The van der Waals surface area contributed by atoms with E-state index in [1.807, 2.05) is 13.0 Å². The van der Waals surface area contributed by atoms with Gasteiger partial charge >= 0.3 is 0 Å². The van der Waals surface area contributed by atoms with Crippen molar-refractivity contribution in [1.82, 2.24) is 19.9 Å². The van der Waals surface area contributed by atoms with Gasteiger partial charge in [0, 0.05) is 36.3 Å². The van der Waals surface area contributed by atoms with E-state index in [9.17, 15) is 9.18 Å². The number of halogens is 2. The van der Waals surface area contributed by atoms with Crippen LogP contribution in [-0.2, 0) is 6.42 Å². The molecule has 0 unspecified atom stereocenters. The van der Waals surface area contributed by atoms with E-state index in [1.54, 1.807) is 30.3 Å². The van der Waals surface area contributed by atoms with Crippen molar-refractivity contribution in [1.29, 1.82) is 0 Å². The van der Waals surface area contributed by atoms with Crippen molar-refractivity contribution in [3.63, 3.8) is 0 Å². The lowest BCUT2D eigenvalue weighted by molar-refractivity contribution is 0.0781. The minimum atomic E-state index is -0.384. The van der Waals surface area contributed by atoms with Crippen LogP contribution in [0.5, 0.6) is 0 Å². The molecular weight excluding hydrogens is 379 g/mol.